The van der Waals surface area contributed by atoms with E-state index in [2.05, 4.69) is 14.9 Å². The molecule has 0 atom stereocenters. The predicted octanol–water partition coefficient (Wildman–Crippen LogP) is 8.38. The minimum absolute atomic E-state index is 0.167. The molecule has 0 saturated heterocycles. The standard InChI is InChI=1S/C30H20F6N2O2/c31-29(32,33)24-14-7-13-23-27(25(37-38-28(23)24)16-19-8-2-1-3-9-19)20-11-6-12-22(17-20)39-18-21-10-4-5-15-26(21)40-30(34,35)36/h1-15,17H,16,18H2. The smallest absolute Gasteiger partial charge is 0.489 e. The summed E-state index contributed by atoms with van der Waals surface area (Å²) in [7, 11) is 0. The topological polar surface area (TPSA) is 44.2 Å². The molecule has 1 heterocycles. The fraction of sp³-hybridized carbons (Fsp3) is 0.133. The average molecular weight is 554 g/mol. The number of alkyl halides is 6. The summed E-state index contributed by atoms with van der Waals surface area (Å²) < 4.78 is 89.7. The molecular formula is C30H20F6N2O2. The number of aromatic nitrogens is 2. The van der Waals surface area contributed by atoms with Gasteiger partial charge in [0.1, 0.15) is 23.6 Å². The third kappa shape index (κ3) is 6.17. The number of benzene rings is 4. The molecular weight excluding hydrogens is 534 g/mol. The number of para-hydroxylation sites is 1. The van der Waals surface area contributed by atoms with Gasteiger partial charge < -0.3 is 9.47 Å². The van der Waals surface area contributed by atoms with Crippen LogP contribution in [0.3, 0.4) is 0 Å². The highest BCUT2D eigenvalue weighted by molar-refractivity contribution is 5.97. The van der Waals surface area contributed by atoms with Gasteiger partial charge in [0, 0.05) is 22.9 Å². The van der Waals surface area contributed by atoms with E-state index in [4.69, 9.17) is 4.74 Å². The van der Waals surface area contributed by atoms with Gasteiger partial charge in [0.05, 0.1) is 11.3 Å². The van der Waals surface area contributed by atoms with Crippen molar-refractivity contribution in [1.29, 1.82) is 0 Å². The van der Waals surface area contributed by atoms with Crippen LogP contribution >= 0.6 is 0 Å². The van der Waals surface area contributed by atoms with E-state index in [-0.39, 0.29) is 28.8 Å². The maximum Gasteiger partial charge on any atom is 0.573 e. The molecule has 0 fully saturated rings. The molecule has 0 saturated carbocycles. The number of rotatable bonds is 7. The number of fused-ring (bicyclic) bond motifs is 1. The van der Waals surface area contributed by atoms with Crippen LogP contribution in [0.15, 0.2) is 97.1 Å². The summed E-state index contributed by atoms with van der Waals surface area (Å²) in [5, 5.41) is 8.43. The Hall–Kier alpha value is -4.60. The molecule has 5 rings (SSSR count). The zero-order chi connectivity index (χ0) is 28.3. The summed E-state index contributed by atoms with van der Waals surface area (Å²) >= 11 is 0. The molecule has 4 aromatic carbocycles. The molecule has 1 aromatic heterocycles. The maximum atomic E-state index is 13.8. The first kappa shape index (κ1) is 27.0. The summed E-state index contributed by atoms with van der Waals surface area (Å²) in [4.78, 5) is 0. The monoisotopic (exact) mass is 554 g/mol. The highest BCUT2D eigenvalue weighted by Crippen LogP contribution is 2.39. The molecule has 0 aliphatic carbocycles. The van der Waals surface area contributed by atoms with E-state index in [0.29, 0.717) is 29.0 Å². The van der Waals surface area contributed by atoms with Gasteiger partial charge in [0.25, 0.3) is 0 Å². The number of hydrogen-bond acceptors (Lipinski definition) is 4. The van der Waals surface area contributed by atoms with Gasteiger partial charge in [-0.1, -0.05) is 72.8 Å². The van der Waals surface area contributed by atoms with Gasteiger partial charge in [0.2, 0.25) is 0 Å². The first-order chi connectivity index (χ1) is 19.1. The van der Waals surface area contributed by atoms with Crippen molar-refractivity contribution in [1.82, 2.24) is 10.2 Å². The summed E-state index contributed by atoms with van der Waals surface area (Å²) in [6.45, 7) is -0.236. The Labute approximate surface area is 224 Å². The van der Waals surface area contributed by atoms with E-state index in [1.54, 1.807) is 36.4 Å². The van der Waals surface area contributed by atoms with E-state index in [1.807, 2.05) is 30.3 Å². The van der Waals surface area contributed by atoms with Crippen molar-refractivity contribution in [3.63, 3.8) is 0 Å². The van der Waals surface area contributed by atoms with Crippen LogP contribution in [0.5, 0.6) is 11.5 Å². The van der Waals surface area contributed by atoms with Gasteiger partial charge in [-0.15, -0.1) is 18.3 Å². The minimum Gasteiger partial charge on any atom is -0.489 e. The Balaban J connectivity index is 1.55. The Morgan fingerprint density at radius 2 is 1.43 bits per heavy atom. The third-order valence-electron chi connectivity index (χ3n) is 6.10. The highest BCUT2D eigenvalue weighted by atomic mass is 19.4. The second kappa shape index (κ2) is 10.9. The van der Waals surface area contributed by atoms with Crippen molar-refractivity contribution in [2.24, 2.45) is 0 Å². The minimum atomic E-state index is -4.87. The number of halogens is 6. The maximum absolute atomic E-state index is 13.8. The molecule has 0 unspecified atom stereocenters. The average Bonchev–Trinajstić information content (AvgIpc) is 2.91. The van der Waals surface area contributed by atoms with E-state index in [9.17, 15) is 26.3 Å². The van der Waals surface area contributed by atoms with Gasteiger partial charge in [-0.05, 0) is 35.4 Å². The largest absolute Gasteiger partial charge is 0.573 e. The fourth-order valence-electron chi connectivity index (χ4n) is 4.38. The molecule has 0 N–H and O–H groups in total. The van der Waals surface area contributed by atoms with Crippen LogP contribution in [0.25, 0.3) is 22.0 Å². The lowest BCUT2D eigenvalue weighted by Gasteiger charge is -2.16. The van der Waals surface area contributed by atoms with Crippen LogP contribution in [0.4, 0.5) is 26.3 Å². The van der Waals surface area contributed by atoms with Gasteiger partial charge in [0.15, 0.2) is 0 Å². The van der Waals surface area contributed by atoms with Crippen molar-refractivity contribution >= 4 is 10.9 Å². The predicted molar refractivity (Wildman–Crippen MR) is 137 cm³/mol. The molecule has 0 spiro atoms. The van der Waals surface area contributed by atoms with Crippen LogP contribution in [0.1, 0.15) is 22.4 Å². The first-order valence-electron chi connectivity index (χ1n) is 12.0. The van der Waals surface area contributed by atoms with E-state index < -0.39 is 18.1 Å². The molecule has 10 heteroatoms. The second-order valence-corrected chi connectivity index (χ2v) is 8.86. The summed E-state index contributed by atoms with van der Waals surface area (Å²) in [5.74, 6) is -0.0952. The van der Waals surface area contributed by atoms with Gasteiger partial charge in [-0.3, -0.25) is 0 Å². The van der Waals surface area contributed by atoms with Crippen molar-refractivity contribution in [2.45, 2.75) is 25.6 Å². The number of nitrogens with zero attached hydrogens (tertiary/aromatic N) is 2. The third-order valence-corrected chi connectivity index (χ3v) is 6.10. The number of ether oxygens (including phenoxy) is 2. The summed E-state index contributed by atoms with van der Waals surface area (Å²) in [5.41, 5.74) is 1.29. The fourth-order valence-corrected chi connectivity index (χ4v) is 4.38. The Kier molecular flexibility index (Phi) is 7.34. The van der Waals surface area contributed by atoms with Crippen LogP contribution < -0.4 is 9.47 Å². The van der Waals surface area contributed by atoms with Gasteiger partial charge >= 0.3 is 12.5 Å². The molecule has 4 nitrogen and oxygen atoms in total. The van der Waals surface area contributed by atoms with Crippen LogP contribution in [0.2, 0.25) is 0 Å². The molecule has 0 bridgehead atoms. The Bertz CT molecular complexity index is 1640. The zero-order valence-electron chi connectivity index (χ0n) is 20.6. The van der Waals surface area contributed by atoms with Crippen LogP contribution in [0, 0.1) is 0 Å². The summed E-state index contributed by atoms with van der Waals surface area (Å²) in [6, 6.07) is 25.3. The van der Waals surface area contributed by atoms with E-state index >= 15 is 0 Å². The zero-order valence-corrected chi connectivity index (χ0v) is 20.6. The molecule has 0 radical (unpaired) electrons. The van der Waals surface area contributed by atoms with Crippen molar-refractivity contribution in [2.75, 3.05) is 0 Å². The molecule has 0 aliphatic heterocycles. The number of hydrogen-bond donors (Lipinski definition) is 0. The van der Waals surface area contributed by atoms with E-state index in [0.717, 1.165) is 11.6 Å². The lowest BCUT2D eigenvalue weighted by atomic mass is 9.94. The van der Waals surface area contributed by atoms with Crippen LogP contribution in [-0.4, -0.2) is 16.6 Å². The van der Waals surface area contributed by atoms with E-state index in [1.165, 1.54) is 24.3 Å². The van der Waals surface area contributed by atoms with Gasteiger partial charge in [-0.2, -0.15) is 18.3 Å². The lowest BCUT2D eigenvalue weighted by Crippen LogP contribution is -2.18. The van der Waals surface area contributed by atoms with Crippen molar-refractivity contribution in [3.8, 4) is 22.6 Å². The quantitative estimate of drug-likeness (QED) is 0.190. The van der Waals surface area contributed by atoms with Crippen molar-refractivity contribution in [3.05, 3.63) is 119 Å². The SMILES string of the molecule is FC(F)(F)Oc1ccccc1COc1cccc(-c2c(Cc3ccccc3)nnc3c(C(F)(F)F)cccc23)c1. The van der Waals surface area contributed by atoms with Crippen LogP contribution in [-0.2, 0) is 19.2 Å². The molecule has 5 aromatic rings. The van der Waals surface area contributed by atoms with Crippen molar-refractivity contribution < 1.29 is 35.8 Å². The Morgan fingerprint density at radius 1 is 0.700 bits per heavy atom. The molecule has 0 aliphatic rings. The molecule has 40 heavy (non-hydrogen) atoms. The lowest BCUT2D eigenvalue weighted by molar-refractivity contribution is -0.275. The van der Waals surface area contributed by atoms with Gasteiger partial charge in [-0.25, -0.2) is 0 Å². The highest BCUT2D eigenvalue weighted by Gasteiger charge is 2.34. The molecule has 0 amide bonds. The normalized spacial score (nSPS) is 11.9. The summed E-state index contributed by atoms with van der Waals surface area (Å²) in [6.07, 6.45) is -9.19. The Morgan fingerprint density at radius 3 is 2.17 bits per heavy atom. The second-order valence-electron chi connectivity index (χ2n) is 8.86. The molecule has 204 valence electrons. The first-order valence-corrected chi connectivity index (χ1v) is 12.0.